The largest absolute Gasteiger partial charge is 0.493 e. The molecular formula is C30H44O. The number of benzene rings is 1. The van der Waals surface area contributed by atoms with Crippen LogP contribution in [0.3, 0.4) is 0 Å². The molecule has 0 radical (unpaired) electrons. The first-order valence-corrected chi connectivity index (χ1v) is 13.2. The maximum absolute atomic E-state index is 6.06. The van der Waals surface area contributed by atoms with Crippen molar-refractivity contribution < 1.29 is 4.74 Å². The second-order valence-corrected chi connectivity index (χ2v) is 9.99. The summed E-state index contributed by atoms with van der Waals surface area (Å²) in [6.45, 7) is 5.39. The highest BCUT2D eigenvalue weighted by atomic mass is 16.5. The van der Waals surface area contributed by atoms with Crippen LogP contribution in [-0.4, -0.2) is 6.61 Å². The Hall–Kier alpha value is -1.68. The van der Waals surface area contributed by atoms with Gasteiger partial charge in [-0.3, -0.25) is 0 Å². The molecule has 1 aromatic carbocycles. The molecule has 1 aromatic rings. The lowest BCUT2D eigenvalue weighted by Gasteiger charge is -2.26. The molecule has 2 fully saturated rings. The van der Waals surface area contributed by atoms with Gasteiger partial charge < -0.3 is 4.74 Å². The van der Waals surface area contributed by atoms with Crippen LogP contribution >= 0.6 is 0 Å². The number of ether oxygens (including phenoxy) is 1. The summed E-state index contributed by atoms with van der Waals surface area (Å²) in [6, 6.07) is 8.67. The Morgan fingerprint density at radius 3 is 2.26 bits per heavy atom. The first kappa shape index (κ1) is 24.0. The van der Waals surface area contributed by atoms with Gasteiger partial charge in [-0.2, -0.15) is 0 Å². The van der Waals surface area contributed by atoms with Crippen molar-refractivity contribution in [2.75, 3.05) is 6.61 Å². The highest BCUT2D eigenvalue weighted by Crippen LogP contribution is 2.32. The lowest BCUT2D eigenvalue weighted by Crippen LogP contribution is -2.19. The van der Waals surface area contributed by atoms with Crippen molar-refractivity contribution in [3.05, 3.63) is 42.0 Å². The predicted molar refractivity (Wildman–Crippen MR) is 133 cm³/mol. The SMILES string of the molecule is CCCCC1CCC(C=CC#CC2CCC(COc3ccc(CCC)cc3)CC2)CC1. The summed E-state index contributed by atoms with van der Waals surface area (Å²) in [5.74, 6) is 11.0. The Bertz CT molecular complexity index is 688. The summed E-state index contributed by atoms with van der Waals surface area (Å²) < 4.78 is 6.06. The molecule has 31 heavy (non-hydrogen) atoms. The van der Waals surface area contributed by atoms with Crippen LogP contribution < -0.4 is 4.74 Å². The molecule has 1 heteroatoms. The second kappa shape index (κ2) is 13.7. The fourth-order valence-electron chi connectivity index (χ4n) is 5.24. The van der Waals surface area contributed by atoms with Crippen molar-refractivity contribution in [3.8, 4) is 17.6 Å². The Balaban J connectivity index is 1.30. The van der Waals surface area contributed by atoms with Gasteiger partial charge in [-0.05, 0) is 99.3 Å². The summed E-state index contributed by atoms with van der Waals surface area (Å²) in [4.78, 5) is 0. The normalized spacial score (nSPS) is 26.4. The minimum atomic E-state index is 0.582. The quantitative estimate of drug-likeness (QED) is 0.364. The van der Waals surface area contributed by atoms with Gasteiger partial charge in [-0.1, -0.05) is 69.6 Å². The van der Waals surface area contributed by atoms with E-state index in [0.29, 0.717) is 11.8 Å². The van der Waals surface area contributed by atoms with E-state index in [-0.39, 0.29) is 0 Å². The monoisotopic (exact) mass is 420 g/mol. The molecule has 170 valence electrons. The number of allylic oxidation sites excluding steroid dienone is 2. The first-order valence-electron chi connectivity index (χ1n) is 13.2. The molecule has 0 N–H and O–H groups in total. The fraction of sp³-hybridized carbons (Fsp3) is 0.667. The van der Waals surface area contributed by atoms with Crippen molar-refractivity contribution in [1.29, 1.82) is 0 Å². The summed E-state index contributed by atoms with van der Waals surface area (Å²) >= 11 is 0. The average molecular weight is 421 g/mol. The molecule has 0 bridgehead atoms. The van der Waals surface area contributed by atoms with Gasteiger partial charge in [0.25, 0.3) is 0 Å². The molecule has 0 atom stereocenters. The van der Waals surface area contributed by atoms with Gasteiger partial charge in [0.15, 0.2) is 0 Å². The number of hydrogen-bond acceptors (Lipinski definition) is 1. The van der Waals surface area contributed by atoms with Gasteiger partial charge in [0.2, 0.25) is 0 Å². The maximum atomic E-state index is 6.06. The summed E-state index contributed by atoms with van der Waals surface area (Å²) in [7, 11) is 0. The lowest BCUT2D eigenvalue weighted by atomic mass is 9.80. The van der Waals surface area contributed by atoms with Gasteiger partial charge in [-0.15, -0.1) is 0 Å². The molecule has 2 saturated carbocycles. The molecule has 0 heterocycles. The van der Waals surface area contributed by atoms with Crippen LogP contribution in [0.25, 0.3) is 0 Å². The van der Waals surface area contributed by atoms with Crippen LogP contribution in [0, 0.1) is 35.5 Å². The van der Waals surface area contributed by atoms with E-state index in [2.05, 4.69) is 62.1 Å². The zero-order valence-electron chi connectivity index (χ0n) is 20.1. The smallest absolute Gasteiger partial charge is 0.119 e. The molecule has 2 aliphatic carbocycles. The molecule has 0 aromatic heterocycles. The maximum Gasteiger partial charge on any atom is 0.119 e. The molecule has 0 aliphatic heterocycles. The highest BCUT2D eigenvalue weighted by Gasteiger charge is 2.21. The second-order valence-electron chi connectivity index (χ2n) is 9.99. The van der Waals surface area contributed by atoms with Crippen molar-refractivity contribution >= 4 is 0 Å². The van der Waals surface area contributed by atoms with Crippen LogP contribution in [0.15, 0.2) is 36.4 Å². The van der Waals surface area contributed by atoms with E-state index >= 15 is 0 Å². The molecule has 0 unspecified atom stereocenters. The van der Waals surface area contributed by atoms with Gasteiger partial charge in [0, 0.05) is 5.92 Å². The summed E-state index contributed by atoms with van der Waals surface area (Å²) in [6.07, 6.45) is 21.7. The Labute approximate surface area is 192 Å². The molecular weight excluding hydrogens is 376 g/mol. The summed E-state index contributed by atoms with van der Waals surface area (Å²) in [5.41, 5.74) is 1.41. The molecule has 2 aliphatic rings. The van der Waals surface area contributed by atoms with Gasteiger partial charge in [0.05, 0.1) is 6.61 Å². The van der Waals surface area contributed by atoms with E-state index in [1.807, 2.05) is 0 Å². The zero-order valence-corrected chi connectivity index (χ0v) is 20.1. The predicted octanol–water partition coefficient (Wildman–Crippen LogP) is 8.38. The van der Waals surface area contributed by atoms with Crippen molar-refractivity contribution in [2.24, 2.45) is 23.7 Å². The number of rotatable bonds is 9. The standard InChI is InChI=1S/C30H44O/c1-3-5-9-26-12-14-27(15-13-26)10-6-7-11-28-16-18-29(19-17-28)24-31-30-22-20-25(8-4-2)21-23-30/h6,10,20-23,26-29H,3-5,8-9,12-19,24H2,1-2H3. The van der Waals surface area contributed by atoms with Crippen LogP contribution in [0.4, 0.5) is 0 Å². The minimum absolute atomic E-state index is 0.582. The van der Waals surface area contributed by atoms with Crippen molar-refractivity contribution in [3.63, 3.8) is 0 Å². The first-order chi connectivity index (χ1) is 15.3. The van der Waals surface area contributed by atoms with Crippen LogP contribution in [-0.2, 0) is 6.42 Å². The van der Waals surface area contributed by atoms with E-state index in [9.17, 15) is 0 Å². The van der Waals surface area contributed by atoms with Crippen molar-refractivity contribution in [2.45, 2.75) is 97.3 Å². The van der Waals surface area contributed by atoms with Crippen LogP contribution in [0.1, 0.15) is 96.5 Å². The van der Waals surface area contributed by atoms with E-state index in [1.54, 1.807) is 0 Å². The topological polar surface area (TPSA) is 9.23 Å². The third-order valence-electron chi connectivity index (χ3n) is 7.39. The minimum Gasteiger partial charge on any atom is -0.493 e. The van der Waals surface area contributed by atoms with Gasteiger partial charge in [0.1, 0.15) is 5.75 Å². The van der Waals surface area contributed by atoms with E-state index < -0.39 is 0 Å². The molecule has 0 saturated heterocycles. The Morgan fingerprint density at radius 1 is 0.871 bits per heavy atom. The summed E-state index contributed by atoms with van der Waals surface area (Å²) in [5, 5.41) is 0. The molecule has 1 nitrogen and oxygen atoms in total. The van der Waals surface area contributed by atoms with Gasteiger partial charge >= 0.3 is 0 Å². The lowest BCUT2D eigenvalue weighted by molar-refractivity contribution is 0.196. The molecule has 0 amide bonds. The van der Waals surface area contributed by atoms with E-state index in [1.165, 1.54) is 82.6 Å². The van der Waals surface area contributed by atoms with Gasteiger partial charge in [-0.25, -0.2) is 0 Å². The highest BCUT2D eigenvalue weighted by molar-refractivity contribution is 5.27. The average Bonchev–Trinajstić information content (AvgIpc) is 2.82. The van der Waals surface area contributed by atoms with Crippen LogP contribution in [0.5, 0.6) is 5.75 Å². The zero-order chi connectivity index (χ0) is 21.7. The molecule has 3 rings (SSSR count). The van der Waals surface area contributed by atoms with E-state index in [0.717, 1.165) is 30.6 Å². The van der Waals surface area contributed by atoms with Crippen LogP contribution in [0.2, 0.25) is 0 Å². The van der Waals surface area contributed by atoms with E-state index in [4.69, 9.17) is 4.74 Å². The Morgan fingerprint density at radius 2 is 1.58 bits per heavy atom. The third kappa shape index (κ3) is 8.76. The molecule has 0 spiro atoms. The Kier molecular flexibility index (Phi) is 10.6. The van der Waals surface area contributed by atoms with Crippen molar-refractivity contribution in [1.82, 2.24) is 0 Å². The third-order valence-corrected chi connectivity index (χ3v) is 7.39. The fourth-order valence-corrected chi connectivity index (χ4v) is 5.24. The number of unbranched alkanes of at least 4 members (excludes halogenated alkanes) is 1. The number of hydrogen-bond donors (Lipinski definition) is 0. The number of aryl methyl sites for hydroxylation is 1.